The minimum atomic E-state index is -0.828. The molecule has 11 heteroatoms. The zero-order valence-electron chi connectivity index (χ0n) is 22.8. The number of benzene rings is 2. The Kier molecular flexibility index (Phi) is 8.43. The lowest BCUT2D eigenvalue weighted by Crippen LogP contribution is -2.58. The zero-order valence-corrected chi connectivity index (χ0v) is 22.8. The van der Waals surface area contributed by atoms with E-state index >= 15 is 0 Å². The van der Waals surface area contributed by atoms with Crippen molar-refractivity contribution in [2.75, 3.05) is 18.0 Å². The van der Waals surface area contributed by atoms with Gasteiger partial charge in [-0.25, -0.2) is 10.9 Å². The molecule has 3 aliphatic rings. The number of hydrazine groups is 2. The molecule has 0 spiro atoms. The number of carbonyl (C=O) groups is 4. The van der Waals surface area contributed by atoms with Crippen LogP contribution >= 0.6 is 0 Å². The van der Waals surface area contributed by atoms with Gasteiger partial charge in [-0.15, -0.1) is 0 Å². The summed E-state index contributed by atoms with van der Waals surface area (Å²) < 4.78 is 0. The quantitative estimate of drug-likeness (QED) is 0.265. The van der Waals surface area contributed by atoms with Crippen molar-refractivity contribution in [3.63, 3.8) is 0 Å². The summed E-state index contributed by atoms with van der Waals surface area (Å²) in [5, 5.41) is 8.78. The molecular formula is C29H37N7O4. The van der Waals surface area contributed by atoms with Crippen molar-refractivity contribution in [2.24, 2.45) is 5.92 Å². The second-order valence-electron chi connectivity index (χ2n) is 10.7. The Bertz CT molecular complexity index is 1260. The highest BCUT2D eigenvalue weighted by Crippen LogP contribution is 2.39. The molecule has 3 aliphatic heterocycles. The Morgan fingerprint density at radius 3 is 2.58 bits per heavy atom. The number of amides is 4. The van der Waals surface area contributed by atoms with E-state index in [-0.39, 0.29) is 29.7 Å². The van der Waals surface area contributed by atoms with E-state index in [4.69, 9.17) is 0 Å². The highest BCUT2D eigenvalue weighted by Gasteiger charge is 2.44. The van der Waals surface area contributed by atoms with Crippen molar-refractivity contribution in [2.45, 2.75) is 63.7 Å². The van der Waals surface area contributed by atoms with E-state index in [0.29, 0.717) is 44.3 Å². The molecule has 1 unspecified atom stereocenters. The van der Waals surface area contributed by atoms with E-state index in [0.717, 1.165) is 16.8 Å². The van der Waals surface area contributed by atoms with Gasteiger partial charge in [0, 0.05) is 25.1 Å². The monoisotopic (exact) mass is 547 g/mol. The summed E-state index contributed by atoms with van der Waals surface area (Å²) >= 11 is 0. The Labute approximate surface area is 233 Å². The van der Waals surface area contributed by atoms with Crippen LogP contribution in [0, 0.1) is 5.92 Å². The standard InChI is InChI=1S/C29H37N7O4/c1-3-17(2)24(33-26(37)19-8-5-4-6-9-19)28(39)32-22-13-12-18-10-7-11-20-14-23(36(25(18)20)29(22)40)27(38)30-15-21-16-31-35-34-21/h4-11,17,21-24,31,34-35H,3,12-16H2,1-2H3,(H,30,38)(H,32,39)(H,33,37)/t17-,21?,22-,23-,24-/m0/s1. The van der Waals surface area contributed by atoms with Crippen LogP contribution in [-0.2, 0) is 27.2 Å². The first-order chi connectivity index (χ1) is 19.4. The van der Waals surface area contributed by atoms with Crippen LogP contribution in [0.4, 0.5) is 5.69 Å². The fourth-order valence-electron chi connectivity index (χ4n) is 5.60. The van der Waals surface area contributed by atoms with E-state index in [2.05, 4.69) is 32.3 Å². The van der Waals surface area contributed by atoms with E-state index < -0.39 is 24.0 Å². The van der Waals surface area contributed by atoms with E-state index in [1.165, 1.54) is 0 Å². The summed E-state index contributed by atoms with van der Waals surface area (Å²) in [7, 11) is 0. The van der Waals surface area contributed by atoms with Crippen LogP contribution in [0.15, 0.2) is 48.5 Å². The van der Waals surface area contributed by atoms with E-state index in [1.54, 1.807) is 29.2 Å². The Morgan fingerprint density at radius 2 is 1.85 bits per heavy atom. The van der Waals surface area contributed by atoms with Crippen LogP contribution in [0.25, 0.3) is 0 Å². The first-order valence-electron chi connectivity index (χ1n) is 14.0. The minimum Gasteiger partial charge on any atom is -0.353 e. The number of hydrogen-bond donors (Lipinski definition) is 6. The Morgan fingerprint density at radius 1 is 1.07 bits per heavy atom. The van der Waals surface area contributed by atoms with Crippen molar-refractivity contribution in [1.82, 2.24) is 32.3 Å². The molecule has 2 aromatic carbocycles. The number of nitrogens with zero attached hydrogens (tertiary/aromatic N) is 1. The maximum absolute atomic E-state index is 14.0. The van der Waals surface area contributed by atoms with Gasteiger partial charge in [0.05, 0.1) is 11.7 Å². The van der Waals surface area contributed by atoms with Gasteiger partial charge in [0.2, 0.25) is 17.7 Å². The van der Waals surface area contributed by atoms with Gasteiger partial charge in [-0.05, 0) is 42.0 Å². The van der Waals surface area contributed by atoms with Crippen LogP contribution in [-0.4, -0.2) is 60.9 Å². The molecule has 5 rings (SSSR count). The topological polar surface area (TPSA) is 144 Å². The molecule has 0 radical (unpaired) electrons. The molecule has 0 bridgehead atoms. The summed E-state index contributed by atoms with van der Waals surface area (Å²) in [4.78, 5) is 55.4. The van der Waals surface area contributed by atoms with Gasteiger partial charge in [-0.2, -0.15) is 5.53 Å². The van der Waals surface area contributed by atoms with Crippen molar-refractivity contribution in [3.05, 3.63) is 65.2 Å². The molecule has 3 heterocycles. The number of hydrogen-bond acceptors (Lipinski definition) is 7. The molecule has 0 aliphatic carbocycles. The number of aryl methyl sites for hydroxylation is 1. The molecule has 1 fully saturated rings. The third-order valence-electron chi connectivity index (χ3n) is 8.08. The van der Waals surface area contributed by atoms with Gasteiger partial charge in [-0.1, -0.05) is 56.7 Å². The van der Waals surface area contributed by atoms with Crippen LogP contribution in [0.2, 0.25) is 0 Å². The average Bonchev–Trinajstić information content (AvgIpc) is 3.61. The molecule has 5 atom stereocenters. The lowest BCUT2D eigenvalue weighted by molar-refractivity contribution is -0.130. The van der Waals surface area contributed by atoms with Crippen molar-refractivity contribution < 1.29 is 19.2 Å². The highest BCUT2D eigenvalue weighted by atomic mass is 16.2. The predicted molar refractivity (Wildman–Crippen MR) is 150 cm³/mol. The van der Waals surface area contributed by atoms with E-state index in [1.807, 2.05) is 38.1 Å². The third-order valence-corrected chi connectivity index (χ3v) is 8.08. The summed E-state index contributed by atoms with van der Waals surface area (Å²) in [5.74, 6) is -1.45. The maximum Gasteiger partial charge on any atom is 0.251 e. The van der Waals surface area contributed by atoms with Gasteiger partial charge in [0.15, 0.2) is 0 Å². The summed E-state index contributed by atoms with van der Waals surface area (Å²) in [5.41, 5.74) is 12.0. The number of nitrogens with one attached hydrogen (secondary N) is 6. The number of anilines is 1. The third kappa shape index (κ3) is 5.72. The van der Waals surface area contributed by atoms with Crippen LogP contribution in [0.5, 0.6) is 0 Å². The van der Waals surface area contributed by atoms with Crippen LogP contribution in [0.1, 0.15) is 48.2 Å². The molecule has 1 saturated heterocycles. The Balaban J connectivity index is 1.33. The number of para-hydroxylation sites is 1. The SMILES string of the molecule is CC[C@H](C)[C@H](NC(=O)c1ccccc1)C(=O)N[C@H]1CCc2cccc3c2N(C1=O)[C@H](C(=O)NCC1CNNN1)C3. The molecule has 2 aromatic rings. The van der Waals surface area contributed by atoms with Gasteiger partial charge in [0.25, 0.3) is 5.91 Å². The van der Waals surface area contributed by atoms with Crippen LogP contribution < -0.4 is 37.2 Å². The second-order valence-corrected chi connectivity index (χ2v) is 10.7. The summed E-state index contributed by atoms with van der Waals surface area (Å²) in [6.45, 7) is 4.91. The van der Waals surface area contributed by atoms with Gasteiger partial charge in [-0.3, -0.25) is 24.1 Å². The number of carbonyl (C=O) groups excluding carboxylic acids is 4. The van der Waals surface area contributed by atoms with Crippen molar-refractivity contribution >= 4 is 29.3 Å². The first-order valence-corrected chi connectivity index (χ1v) is 14.0. The predicted octanol–water partition coefficient (Wildman–Crippen LogP) is 0.317. The lowest BCUT2D eigenvalue weighted by atomic mass is 9.96. The molecule has 0 aromatic heterocycles. The number of rotatable bonds is 9. The molecule has 212 valence electrons. The maximum atomic E-state index is 14.0. The van der Waals surface area contributed by atoms with Crippen molar-refractivity contribution in [1.29, 1.82) is 0 Å². The molecule has 4 amide bonds. The first kappa shape index (κ1) is 27.8. The van der Waals surface area contributed by atoms with E-state index in [9.17, 15) is 19.2 Å². The van der Waals surface area contributed by atoms with Crippen molar-refractivity contribution in [3.8, 4) is 0 Å². The Hall–Kier alpha value is -3.80. The fraction of sp³-hybridized carbons (Fsp3) is 0.448. The summed E-state index contributed by atoms with van der Waals surface area (Å²) in [6, 6.07) is 12.3. The molecular weight excluding hydrogens is 510 g/mol. The molecule has 40 heavy (non-hydrogen) atoms. The lowest BCUT2D eigenvalue weighted by Gasteiger charge is -2.30. The normalized spacial score (nSPS) is 23.1. The van der Waals surface area contributed by atoms with Crippen LogP contribution in [0.3, 0.4) is 0 Å². The second kappa shape index (κ2) is 12.2. The zero-order chi connectivity index (χ0) is 28.2. The average molecular weight is 548 g/mol. The van der Waals surface area contributed by atoms with Gasteiger partial charge < -0.3 is 16.0 Å². The highest BCUT2D eigenvalue weighted by molar-refractivity contribution is 6.08. The smallest absolute Gasteiger partial charge is 0.251 e. The molecule has 0 saturated carbocycles. The minimum absolute atomic E-state index is 0.0266. The van der Waals surface area contributed by atoms with Gasteiger partial charge >= 0.3 is 0 Å². The van der Waals surface area contributed by atoms with Gasteiger partial charge in [0.1, 0.15) is 18.1 Å². The summed E-state index contributed by atoms with van der Waals surface area (Å²) in [6.07, 6.45) is 2.06. The molecule has 6 N–H and O–H groups in total. The molecule has 11 nitrogen and oxygen atoms in total. The largest absolute Gasteiger partial charge is 0.353 e. The fourth-order valence-corrected chi connectivity index (χ4v) is 5.60.